The minimum Gasteiger partial charge on any atom is -0.310 e. The minimum absolute atomic E-state index is 0.334. The molecular weight excluding hydrogens is 265 g/mol. The SMILES string of the molecule is CCCNC(c1cc(Cl)cc(Cl)c1)C(C)CCC. The summed E-state index contributed by atoms with van der Waals surface area (Å²) >= 11 is 12.2. The van der Waals surface area contributed by atoms with Crippen molar-refractivity contribution in [3.63, 3.8) is 0 Å². The molecule has 2 unspecified atom stereocenters. The second kappa shape index (κ2) is 8.04. The van der Waals surface area contributed by atoms with Crippen molar-refractivity contribution in [1.29, 1.82) is 0 Å². The number of hydrogen-bond acceptors (Lipinski definition) is 1. The molecule has 0 aromatic heterocycles. The van der Waals surface area contributed by atoms with E-state index in [1.54, 1.807) is 6.07 Å². The average molecular weight is 288 g/mol. The summed E-state index contributed by atoms with van der Waals surface area (Å²) in [5.41, 5.74) is 1.20. The first-order valence-electron chi connectivity index (χ1n) is 6.77. The van der Waals surface area contributed by atoms with E-state index in [4.69, 9.17) is 23.2 Å². The van der Waals surface area contributed by atoms with E-state index in [1.807, 2.05) is 12.1 Å². The number of halogens is 2. The van der Waals surface area contributed by atoms with Crippen molar-refractivity contribution in [2.75, 3.05) is 6.54 Å². The Morgan fingerprint density at radius 2 is 1.67 bits per heavy atom. The lowest BCUT2D eigenvalue weighted by Gasteiger charge is -2.26. The van der Waals surface area contributed by atoms with Gasteiger partial charge in [-0.2, -0.15) is 0 Å². The first-order valence-corrected chi connectivity index (χ1v) is 7.53. The van der Waals surface area contributed by atoms with E-state index in [0.29, 0.717) is 22.0 Å². The third-order valence-corrected chi connectivity index (χ3v) is 3.61. The zero-order valence-electron chi connectivity index (χ0n) is 11.5. The molecule has 1 N–H and O–H groups in total. The van der Waals surface area contributed by atoms with E-state index in [9.17, 15) is 0 Å². The Balaban J connectivity index is 2.92. The summed E-state index contributed by atoms with van der Waals surface area (Å²) in [4.78, 5) is 0. The first-order chi connectivity index (χ1) is 8.58. The van der Waals surface area contributed by atoms with Gasteiger partial charge in [0, 0.05) is 16.1 Å². The van der Waals surface area contributed by atoms with Crippen LogP contribution in [0.3, 0.4) is 0 Å². The van der Waals surface area contributed by atoms with Crippen molar-refractivity contribution in [1.82, 2.24) is 5.32 Å². The Kier molecular flexibility index (Phi) is 7.06. The molecule has 0 heterocycles. The molecule has 0 spiro atoms. The first kappa shape index (κ1) is 15.8. The maximum absolute atomic E-state index is 6.10. The van der Waals surface area contributed by atoms with Gasteiger partial charge in [0.15, 0.2) is 0 Å². The topological polar surface area (TPSA) is 12.0 Å². The van der Waals surface area contributed by atoms with Crippen molar-refractivity contribution in [2.24, 2.45) is 5.92 Å². The lowest BCUT2D eigenvalue weighted by atomic mass is 9.91. The van der Waals surface area contributed by atoms with Crippen LogP contribution in [0.2, 0.25) is 10.0 Å². The van der Waals surface area contributed by atoms with Gasteiger partial charge in [0.25, 0.3) is 0 Å². The second-order valence-electron chi connectivity index (χ2n) is 4.90. The summed E-state index contributed by atoms with van der Waals surface area (Å²) in [7, 11) is 0. The van der Waals surface area contributed by atoms with Gasteiger partial charge in [-0.05, 0) is 49.1 Å². The van der Waals surface area contributed by atoms with Crippen LogP contribution in [0, 0.1) is 5.92 Å². The summed E-state index contributed by atoms with van der Waals surface area (Å²) in [6.07, 6.45) is 3.52. The molecule has 1 rings (SSSR count). The van der Waals surface area contributed by atoms with Crippen LogP contribution in [0.1, 0.15) is 51.6 Å². The van der Waals surface area contributed by atoms with Gasteiger partial charge in [-0.25, -0.2) is 0 Å². The van der Waals surface area contributed by atoms with E-state index >= 15 is 0 Å². The fourth-order valence-corrected chi connectivity index (χ4v) is 2.87. The van der Waals surface area contributed by atoms with Gasteiger partial charge in [0.05, 0.1) is 0 Å². The smallest absolute Gasteiger partial charge is 0.0424 e. The number of rotatable bonds is 7. The van der Waals surface area contributed by atoms with Gasteiger partial charge < -0.3 is 5.32 Å². The zero-order chi connectivity index (χ0) is 13.5. The lowest BCUT2D eigenvalue weighted by Crippen LogP contribution is -2.27. The second-order valence-corrected chi connectivity index (χ2v) is 5.77. The highest BCUT2D eigenvalue weighted by Crippen LogP contribution is 2.30. The highest BCUT2D eigenvalue weighted by Gasteiger charge is 2.18. The maximum atomic E-state index is 6.10. The summed E-state index contributed by atoms with van der Waals surface area (Å²) in [6, 6.07) is 6.16. The molecule has 0 radical (unpaired) electrons. The predicted molar refractivity (Wildman–Crippen MR) is 81.6 cm³/mol. The van der Waals surface area contributed by atoms with Crippen molar-refractivity contribution >= 4 is 23.2 Å². The number of nitrogens with one attached hydrogen (secondary N) is 1. The molecule has 0 fully saturated rings. The van der Waals surface area contributed by atoms with Crippen molar-refractivity contribution in [3.05, 3.63) is 33.8 Å². The predicted octanol–water partition coefficient (Wildman–Crippen LogP) is 5.47. The quantitative estimate of drug-likeness (QED) is 0.701. The number of benzene rings is 1. The van der Waals surface area contributed by atoms with Crippen molar-refractivity contribution in [2.45, 2.75) is 46.1 Å². The van der Waals surface area contributed by atoms with Crippen molar-refractivity contribution < 1.29 is 0 Å². The third kappa shape index (κ3) is 4.79. The molecule has 18 heavy (non-hydrogen) atoms. The highest BCUT2D eigenvalue weighted by atomic mass is 35.5. The van der Waals surface area contributed by atoms with Crippen LogP contribution in [-0.4, -0.2) is 6.54 Å². The van der Waals surface area contributed by atoms with Gasteiger partial charge in [-0.15, -0.1) is 0 Å². The molecule has 0 aliphatic rings. The van der Waals surface area contributed by atoms with E-state index in [1.165, 1.54) is 18.4 Å². The molecule has 0 aliphatic carbocycles. The molecule has 1 aromatic rings. The molecule has 0 aliphatic heterocycles. The Morgan fingerprint density at radius 3 is 2.17 bits per heavy atom. The summed E-state index contributed by atoms with van der Waals surface area (Å²) in [6.45, 7) is 7.70. The molecule has 0 saturated heterocycles. The molecular formula is C15H23Cl2N. The monoisotopic (exact) mass is 287 g/mol. The van der Waals surface area contributed by atoms with Crippen LogP contribution in [0.4, 0.5) is 0 Å². The van der Waals surface area contributed by atoms with E-state index in [0.717, 1.165) is 13.0 Å². The Labute approximate surface area is 121 Å². The minimum atomic E-state index is 0.334. The summed E-state index contributed by atoms with van der Waals surface area (Å²) in [5.74, 6) is 0.580. The third-order valence-electron chi connectivity index (χ3n) is 3.17. The average Bonchev–Trinajstić information content (AvgIpc) is 2.28. The van der Waals surface area contributed by atoms with Crippen LogP contribution in [-0.2, 0) is 0 Å². The van der Waals surface area contributed by atoms with Crippen LogP contribution in [0.5, 0.6) is 0 Å². The largest absolute Gasteiger partial charge is 0.310 e. The van der Waals surface area contributed by atoms with E-state index in [2.05, 4.69) is 26.1 Å². The molecule has 0 saturated carbocycles. The van der Waals surface area contributed by atoms with Gasteiger partial charge in [0.2, 0.25) is 0 Å². The fourth-order valence-electron chi connectivity index (χ4n) is 2.32. The standard InChI is InChI=1S/C15H23Cl2N/c1-4-6-11(3)15(18-7-5-2)12-8-13(16)10-14(17)9-12/h8-11,15,18H,4-7H2,1-3H3. The van der Waals surface area contributed by atoms with Gasteiger partial charge in [-0.1, -0.05) is 50.4 Å². The number of hydrogen-bond donors (Lipinski definition) is 1. The molecule has 0 amide bonds. The molecule has 3 heteroatoms. The Hall–Kier alpha value is -0.240. The van der Waals surface area contributed by atoms with Crippen LogP contribution < -0.4 is 5.32 Å². The van der Waals surface area contributed by atoms with Crippen LogP contribution >= 0.6 is 23.2 Å². The van der Waals surface area contributed by atoms with Gasteiger partial charge in [0.1, 0.15) is 0 Å². The summed E-state index contributed by atoms with van der Waals surface area (Å²) < 4.78 is 0. The lowest BCUT2D eigenvalue weighted by molar-refractivity contribution is 0.363. The van der Waals surface area contributed by atoms with Gasteiger partial charge in [-0.3, -0.25) is 0 Å². The van der Waals surface area contributed by atoms with E-state index in [-0.39, 0.29) is 0 Å². The zero-order valence-corrected chi connectivity index (χ0v) is 13.0. The Bertz CT molecular complexity index is 345. The van der Waals surface area contributed by atoms with Crippen LogP contribution in [0.15, 0.2) is 18.2 Å². The van der Waals surface area contributed by atoms with Gasteiger partial charge >= 0.3 is 0 Å². The fraction of sp³-hybridized carbons (Fsp3) is 0.600. The molecule has 1 aromatic carbocycles. The summed E-state index contributed by atoms with van der Waals surface area (Å²) in [5, 5.41) is 5.03. The highest BCUT2D eigenvalue weighted by molar-refractivity contribution is 6.34. The van der Waals surface area contributed by atoms with E-state index < -0.39 is 0 Å². The molecule has 1 nitrogen and oxygen atoms in total. The molecule has 2 atom stereocenters. The van der Waals surface area contributed by atoms with Crippen molar-refractivity contribution in [3.8, 4) is 0 Å². The molecule has 0 bridgehead atoms. The Morgan fingerprint density at radius 1 is 1.06 bits per heavy atom. The normalized spacial score (nSPS) is 14.5. The maximum Gasteiger partial charge on any atom is 0.0424 e. The molecule has 102 valence electrons. The van der Waals surface area contributed by atoms with Crippen LogP contribution in [0.25, 0.3) is 0 Å².